The van der Waals surface area contributed by atoms with E-state index in [0.717, 1.165) is 0 Å². The quantitative estimate of drug-likeness (QED) is 0.602. The van der Waals surface area contributed by atoms with Crippen molar-refractivity contribution in [2.24, 2.45) is 0 Å². The highest BCUT2D eigenvalue weighted by Crippen LogP contribution is 2.11. The summed E-state index contributed by atoms with van der Waals surface area (Å²) in [5, 5.41) is 9.13. The van der Waals surface area contributed by atoms with Crippen molar-refractivity contribution in [3.8, 4) is 0 Å². The number of carbonyl (C=O) groups is 1. The lowest BCUT2D eigenvalue weighted by Gasteiger charge is -2.03. The van der Waals surface area contributed by atoms with Crippen LogP contribution in [0, 0.1) is 6.92 Å². The highest BCUT2D eigenvalue weighted by molar-refractivity contribution is 5.97. The summed E-state index contributed by atoms with van der Waals surface area (Å²) >= 11 is 0. The molecular formula is C9H16N4O2. The fraction of sp³-hybridized carbons (Fsp3) is 0.556. The van der Waals surface area contributed by atoms with Gasteiger partial charge in [0.2, 0.25) is 0 Å². The molecule has 0 saturated carbocycles. The van der Waals surface area contributed by atoms with Gasteiger partial charge in [-0.1, -0.05) is 0 Å². The number of aromatic amines is 1. The molecule has 0 aliphatic rings. The van der Waals surface area contributed by atoms with E-state index in [2.05, 4.69) is 15.5 Å². The Morgan fingerprint density at radius 2 is 2.40 bits per heavy atom. The number of amides is 1. The second kappa shape index (κ2) is 5.35. The molecule has 0 bridgehead atoms. The number of nitrogens with one attached hydrogen (secondary N) is 2. The van der Waals surface area contributed by atoms with Gasteiger partial charge in [-0.15, -0.1) is 0 Å². The molecule has 0 spiro atoms. The van der Waals surface area contributed by atoms with Crippen LogP contribution in [-0.4, -0.2) is 35.9 Å². The number of ether oxygens (including phenoxy) is 1. The maximum Gasteiger partial charge on any atom is 0.274 e. The summed E-state index contributed by atoms with van der Waals surface area (Å²) in [7, 11) is 0. The first-order chi connectivity index (χ1) is 7.16. The molecule has 0 aliphatic carbocycles. The number of aryl methyl sites for hydroxylation is 1. The lowest BCUT2D eigenvalue weighted by atomic mass is 10.3. The van der Waals surface area contributed by atoms with Crippen LogP contribution in [0.4, 0.5) is 5.69 Å². The van der Waals surface area contributed by atoms with Gasteiger partial charge >= 0.3 is 0 Å². The first kappa shape index (κ1) is 11.5. The Labute approximate surface area is 88.2 Å². The first-order valence-electron chi connectivity index (χ1n) is 4.83. The summed E-state index contributed by atoms with van der Waals surface area (Å²) in [5.74, 6) is -0.281. The van der Waals surface area contributed by atoms with Crippen LogP contribution in [0.15, 0.2) is 0 Å². The SMILES string of the molecule is CCOCCNC(=O)c1n[nH]c(C)c1N. The highest BCUT2D eigenvalue weighted by Gasteiger charge is 2.14. The molecule has 84 valence electrons. The summed E-state index contributed by atoms with van der Waals surface area (Å²) in [5.41, 5.74) is 6.98. The average molecular weight is 212 g/mol. The van der Waals surface area contributed by atoms with Crippen LogP contribution in [0.2, 0.25) is 0 Å². The van der Waals surface area contributed by atoms with E-state index in [4.69, 9.17) is 10.5 Å². The van der Waals surface area contributed by atoms with Crippen LogP contribution in [0.25, 0.3) is 0 Å². The number of nitrogens with zero attached hydrogens (tertiary/aromatic N) is 1. The molecule has 0 aromatic carbocycles. The molecular weight excluding hydrogens is 196 g/mol. The largest absolute Gasteiger partial charge is 0.395 e. The summed E-state index contributed by atoms with van der Waals surface area (Å²) < 4.78 is 5.08. The molecule has 0 atom stereocenters. The zero-order valence-corrected chi connectivity index (χ0v) is 8.96. The van der Waals surface area contributed by atoms with Crippen molar-refractivity contribution in [1.29, 1.82) is 0 Å². The Morgan fingerprint density at radius 1 is 1.67 bits per heavy atom. The predicted molar refractivity (Wildman–Crippen MR) is 56.6 cm³/mol. The Kier molecular flexibility index (Phi) is 4.11. The van der Waals surface area contributed by atoms with Crippen LogP contribution in [0.5, 0.6) is 0 Å². The maximum absolute atomic E-state index is 11.5. The molecule has 1 aromatic heterocycles. The Balaban J connectivity index is 2.44. The fourth-order valence-electron chi connectivity index (χ4n) is 1.08. The molecule has 15 heavy (non-hydrogen) atoms. The standard InChI is InChI=1S/C9H16N4O2/c1-3-15-5-4-11-9(14)8-7(10)6(2)12-13-8/h3-5,10H2,1-2H3,(H,11,14)(H,12,13). The second-order valence-corrected chi connectivity index (χ2v) is 3.06. The molecule has 6 nitrogen and oxygen atoms in total. The Morgan fingerprint density at radius 3 is 2.93 bits per heavy atom. The lowest BCUT2D eigenvalue weighted by Crippen LogP contribution is -2.28. The van der Waals surface area contributed by atoms with Crippen molar-refractivity contribution in [1.82, 2.24) is 15.5 Å². The minimum atomic E-state index is -0.281. The number of carbonyl (C=O) groups excluding carboxylic acids is 1. The van der Waals surface area contributed by atoms with Gasteiger partial charge in [-0.3, -0.25) is 9.89 Å². The van der Waals surface area contributed by atoms with Crippen LogP contribution in [0.3, 0.4) is 0 Å². The van der Waals surface area contributed by atoms with Crippen LogP contribution in [-0.2, 0) is 4.74 Å². The van der Waals surface area contributed by atoms with E-state index >= 15 is 0 Å². The van der Waals surface area contributed by atoms with E-state index < -0.39 is 0 Å². The summed E-state index contributed by atoms with van der Waals surface area (Å²) in [6, 6.07) is 0. The number of nitrogen functional groups attached to an aromatic ring is 1. The van der Waals surface area contributed by atoms with Gasteiger partial charge in [0.1, 0.15) is 0 Å². The van der Waals surface area contributed by atoms with Gasteiger partial charge in [-0.2, -0.15) is 5.10 Å². The molecule has 0 radical (unpaired) electrons. The van der Waals surface area contributed by atoms with Crippen LogP contribution >= 0.6 is 0 Å². The molecule has 0 saturated heterocycles. The maximum atomic E-state index is 11.5. The van der Waals surface area contributed by atoms with Crippen molar-refractivity contribution in [3.05, 3.63) is 11.4 Å². The van der Waals surface area contributed by atoms with Crippen LogP contribution < -0.4 is 11.1 Å². The number of rotatable bonds is 5. The number of hydrogen-bond donors (Lipinski definition) is 3. The number of aromatic nitrogens is 2. The summed E-state index contributed by atoms with van der Waals surface area (Å²) in [6.07, 6.45) is 0. The van der Waals surface area contributed by atoms with Crippen molar-refractivity contribution in [2.75, 3.05) is 25.5 Å². The highest BCUT2D eigenvalue weighted by atomic mass is 16.5. The fourth-order valence-corrected chi connectivity index (χ4v) is 1.08. The zero-order chi connectivity index (χ0) is 11.3. The average Bonchev–Trinajstić information content (AvgIpc) is 2.55. The van der Waals surface area contributed by atoms with E-state index in [-0.39, 0.29) is 11.6 Å². The van der Waals surface area contributed by atoms with Crippen molar-refractivity contribution in [2.45, 2.75) is 13.8 Å². The molecule has 1 aromatic rings. The van der Waals surface area contributed by atoms with Crippen LogP contribution in [0.1, 0.15) is 23.1 Å². The predicted octanol–water partition coefficient (Wildman–Crippen LogP) is 0.0666. The Bertz CT molecular complexity index is 335. The monoisotopic (exact) mass is 212 g/mol. The minimum Gasteiger partial charge on any atom is -0.395 e. The molecule has 1 rings (SSSR count). The van der Waals surface area contributed by atoms with E-state index in [9.17, 15) is 4.79 Å². The normalized spacial score (nSPS) is 10.3. The van der Waals surface area contributed by atoms with Gasteiger partial charge < -0.3 is 15.8 Å². The van der Waals surface area contributed by atoms with E-state index in [1.165, 1.54) is 0 Å². The molecule has 0 fully saturated rings. The Hall–Kier alpha value is -1.56. The molecule has 1 amide bonds. The second-order valence-electron chi connectivity index (χ2n) is 3.06. The zero-order valence-electron chi connectivity index (χ0n) is 8.96. The molecule has 4 N–H and O–H groups in total. The van der Waals surface area contributed by atoms with E-state index in [1.54, 1.807) is 6.92 Å². The number of H-pyrrole nitrogens is 1. The van der Waals surface area contributed by atoms with Gasteiger partial charge in [0.25, 0.3) is 5.91 Å². The smallest absolute Gasteiger partial charge is 0.274 e. The molecule has 0 aliphatic heterocycles. The molecule has 0 unspecified atom stereocenters. The van der Waals surface area contributed by atoms with E-state index in [1.807, 2.05) is 6.92 Å². The third-order valence-electron chi connectivity index (χ3n) is 1.95. The number of anilines is 1. The third-order valence-corrected chi connectivity index (χ3v) is 1.95. The van der Waals surface area contributed by atoms with Crippen molar-refractivity contribution in [3.63, 3.8) is 0 Å². The van der Waals surface area contributed by atoms with Crippen molar-refractivity contribution >= 4 is 11.6 Å². The van der Waals surface area contributed by atoms with Gasteiger partial charge in [-0.25, -0.2) is 0 Å². The molecule has 6 heteroatoms. The minimum absolute atomic E-state index is 0.240. The first-order valence-corrected chi connectivity index (χ1v) is 4.83. The topological polar surface area (TPSA) is 93.0 Å². The number of hydrogen-bond acceptors (Lipinski definition) is 4. The van der Waals surface area contributed by atoms with E-state index in [0.29, 0.717) is 31.1 Å². The van der Waals surface area contributed by atoms with Crippen molar-refractivity contribution < 1.29 is 9.53 Å². The summed E-state index contributed by atoms with van der Waals surface area (Å²) in [4.78, 5) is 11.5. The van der Waals surface area contributed by atoms with Gasteiger partial charge in [-0.05, 0) is 13.8 Å². The number of nitrogens with two attached hydrogens (primary N) is 1. The molecule has 1 heterocycles. The summed E-state index contributed by atoms with van der Waals surface area (Å²) in [6.45, 7) is 5.25. The van der Waals surface area contributed by atoms with Gasteiger partial charge in [0.15, 0.2) is 5.69 Å². The third kappa shape index (κ3) is 2.95. The van der Waals surface area contributed by atoms with Gasteiger partial charge in [0.05, 0.1) is 18.0 Å². The van der Waals surface area contributed by atoms with Gasteiger partial charge in [0, 0.05) is 13.2 Å². The lowest BCUT2D eigenvalue weighted by molar-refractivity contribution is 0.0918.